The Morgan fingerprint density at radius 3 is 0.767 bits per heavy atom. The minimum absolute atomic E-state index is 1.19. The second kappa shape index (κ2) is 9.38. The summed E-state index contributed by atoms with van der Waals surface area (Å²) in [6.07, 6.45) is 0. The van der Waals surface area contributed by atoms with Crippen molar-refractivity contribution in [2.24, 2.45) is 0 Å². The molecule has 0 bridgehead atoms. The highest BCUT2D eigenvalue weighted by Crippen LogP contribution is 2.52. The summed E-state index contributed by atoms with van der Waals surface area (Å²) in [5.41, 5.74) is 0. The van der Waals surface area contributed by atoms with Crippen molar-refractivity contribution in [3.63, 3.8) is 0 Å². The summed E-state index contributed by atoms with van der Waals surface area (Å²) in [7, 11) is 0. The van der Waals surface area contributed by atoms with Gasteiger partial charge in [0, 0.05) is 12.1 Å². The molecule has 0 unspecified atom stereocenters. The molecule has 0 N–H and O–H groups in total. The molecular formula is C26H22P2S2. The van der Waals surface area contributed by atoms with Crippen LogP contribution in [0.15, 0.2) is 133 Å². The predicted molar refractivity (Wildman–Crippen MR) is 142 cm³/mol. The predicted octanol–water partition coefficient (Wildman–Crippen LogP) is 5.72. The molecule has 4 rings (SSSR count). The molecule has 0 amide bonds. The van der Waals surface area contributed by atoms with E-state index in [-0.39, 0.29) is 0 Å². The van der Waals surface area contributed by atoms with Crippen molar-refractivity contribution >= 4 is 56.9 Å². The molecular weight excluding hydrogens is 438 g/mol. The van der Waals surface area contributed by atoms with Gasteiger partial charge < -0.3 is 0 Å². The lowest BCUT2D eigenvalue weighted by molar-refractivity contribution is 1.75. The van der Waals surface area contributed by atoms with Crippen LogP contribution in [0, 0.1) is 0 Å². The lowest BCUT2D eigenvalue weighted by Gasteiger charge is -2.23. The van der Waals surface area contributed by atoms with Crippen LogP contribution in [0.3, 0.4) is 0 Å². The fourth-order valence-electron chi connectivity index (χ4n) is 3.43. The van der Waals surface area contributed by atoms with E-state index >= 15 is 0 Å². The zero-order chi connectivity index (χ0) is 20.9. The Hall–Kier alpha value is -2.08. The van der Waals surface area contributed by atoms with E-state index in [1.165, 1.54) is 21.2 Å². The molecule has 0 aliphatic carbocycles. The zero-order valence-corrected chi connectivity index (χ0v) is 19.8. The van der Waals surface area contributed by atoms with Crippen molar-refractivity contribution in [3.05, 3.63) is 133 Å². The van der Waals surface area contributed by atoms with Crippen LogP contribution in [0.4, 0.5) is 0 Å². The molecule has 0 fully saturated rings. The molecule has 4 heteroatoms. The lowest BCUT2D eigenvalue weighted by atomic mass is 10.4. The Morgan fingerprint density at radius 1 is 0.367 bits per heavy atom. The molecule has 0 atom stereocenters. The number of hydrogen-bond acceptors (Lipinski definition) is 2. The molecule has 0 nitrogen and oxygen atoms in total. The van der Waals surface area contributed by atoms with Crippen molar-refractivity contribution in [2.75, 3.05) is 0 Å². The normalized spacial score (nSPS) is 12.1. The second-order valence-electron chi connectivity index (χ2n) is 6.96. The van der Waals surface area contributed by atoms with Gasteiger partial charge in [-0.3, -0.25) is 0 Å². The second-order valence-corrected chi connectivity index (χ2v) is 15.7. The Balaban J connectivity index is 1.90. The van der Waals surface area contributed by atoms with Crippen LogP contribution in [-0.2, 0) is 23.6 Å². The Bertz CT molecular complexity index is 1030. The first-order valence-electron chi connectivity index (χ1n) is 9.75. The SMILES string of the molecule is S=P(/C=C\P(=S)(c1ccccc1)c1ccccc1)(c1ccccc1)c1ccccc1. The van der Waals surface area contributed by atoms with E-state index in [2.05, 4.69) is 109 Å². The highest BCUT2D eigenvalue weighted by molar-refractivity contribution is 8.25. The average Bonchev–Trinajstić information content (AvgIpc) is 2.84. The van der Waals surface area contributed by atoms with Gasteiger partial charge >= 0.3 is 0 Å². The summed E-state index contributed by atoms with van der Waals surface area (Å²) in [6, 6.07) is 37.6. The van der Waals surface area contributed by atoms with E-state index in [0.717, 1.165) is 0 Å². The maximum Gasteiger partial charge on any atom is 0.0311 e. The molecule has 0 spiro atoms. The summed E-state index contributed by atoms with van der Waals surface area (Å²) >= 11 is 12.8. The van der Waals surface area contributed by atoms with Gasteiger partial charge in [-0.2, -0.15) is 0 Å². The third-order valence-electron chi connectivity index (χ3n) is 5.05. The van der Waals surface area contributed by atoms with Crippen molar-refractivity contribution in [2.45, 2.75) is 0 Å². The molecule has 0 aliphatic rings. The summed E-state index contributed by atoms with van der Waals surface area (Å²) in [5, 5.41) is 4.74. The first kappa shape index (κ1) is 21.2. The average molecular weight is 461 g/mol. The molecule has 148 valence electrons. The summed E-state index contributed by atoms with van der Waals surface area (Å²) < 4.78 is 0. The minimum atomic E-state index is -2.15. The van der Waals surface area contributed by atoms with Crippen molar-refractivity contribution in [1.82, 2.24) is 0 Å². The summed E-state index contributed by atoms with van der Waals surface area (Å²) in [6.45, 7) is 0. The molecule has 0 aliphatic heterocycles. The lowest BCUT2D eigenvalue weighted by Crippen LogP contribution is -2.16. The monoisotopic (exact) mass is 460 g/mol. The fourth-order valence-corrected chi connectivity index (χ4v) is 11.1. The van der Waals surface area contributed by atoms with Crippen molar-refractivity contribution < 1.29 is 0 Å². The molecule has 0 aromatic heterocycles. The van der Waals surface area contributed by atoms with Gasteiger partial charge in [-0.1, -0.05) is 145 Å². The standard InChI is InChI=1S/C26H22P2S2/c29-27(23-13-5-1-6-14-23,24-15-7-2-8-16-24)21-22-28(30,25-17-9-3-10-18-25)26-19-11-4-12-20-26/h1-22H/b22-21-. The first-order valence-corrected chi connectivity index (χ1v) is 15.5. The minimum Gasteiger partial charge on any atom is -0.0832 e. The van der Waals surface area contributed by atoms with Crippen molar-refractivity contribution in [1.29, 1.82) is 0 Å². The van der Waals surface area contributed by atoms with Crippen LogP contribution in [0.25, 0.3) is 0 Å². The van der Waals surface area contributed by atoms with Gasteiger partial charge in [0.15, 0.2) is 0 Å². The van der Waals surface area contributed by atoms with E-state index in [4.69, 9.17) is 23.6 Å². The van der Waals surface area contributed by atoms with Crippen LogP contribution in [0.1, 0.15) is 0 Å². The summed E-state index contributed by atoms with van der Waals surface area (Å²) in [5.74, 6) is 4.52. The van der Waals surface area contributed by atoms with Gasteiger partial charge in [0.2, 0.25) is 0 Å². The van der Waals surface area contributed by atoms with E-state index in [1.54, 1.807) is 0 Å². The quantitative estimate of drug-likeness (QED) is 0.338. The van der Waals surface area contributed by atoms with Crippen LogP contribution in [-0.4, -0.2) is 0 Å². The van der Waals surface area contributed by atoms with Gasteiger partial charge in [0.05, 0.1) is 0 Å². The van der Waals surface area contributed by atoms with E-state index < -0.39 is 12.1 Å². The van der Waals surface area contributed by atoms with Crippen LogP contribution in [0.2, 0.25) is 0 Å². The van der Waals surface area contributed by atoms with Gasteiger partial charge in [-0.15, -0.1) is 0 Å². The Kier molecular flexibility index (Phi) is 6.61. The van der Waals surface area contributed by atoms with E-state index in [1.807, 2.05) is 24.3 Å². The number of hydrogen-bond donors (Lipinski definition) is 0. The molecule has 0 heterocycles. The molecule has 4 aromatic carbocycles. The highest BCUT2D eigenvalue weighted by atomic mass is 32.4. The largest absolute Gasteiger partial charge is 0.0832 e. The van der Waals surface area contributed by atoms with Crippen LogP contribution < -0.4 is 21.2 Å². The maximum atomic E-state index is 6.40. The highest BCUT2D eigenvalue weighted by Gasteiger charge is 2.23. The molecule has 30 heavy (non-hydrogen) atoms. The Morgan fingerprint density at radius 2 is 0.567 bits per heavy atom. The van der Waals surface area contributed by atoms with Crippen LogP contribution >= 0.6 is 12.1 Å². The van der Waals surface area contributed by atoms with Crippen molar-refractivity contribution in [3.8, 4) is 0 Å². The molecule has 4 aromatic rings. The fraction of sp³-hybridized carbons (Fsp3) is 0. The number of benzene rings is 4. The zero-order valence-electron chi connectivity index (χ0n) is 16.4. The third kappa shape index (κ3) is 4.34. The molecule has 0 radical (unpaired) electrons. The maximum absolute atomic E-state index is 6.40. The molecule has 0 saturated carbocycles. The van der Waals surface area contributed by atoms with Crippen LogP contribution in [0.5, 0.6) is 0 Å². The third-order valence-corrected chi connectivity index (χ3v) is 13.9. The molecule has 0 saturated heterocycles. The smallest absolute Gasteiger partial charge is 0.0311 e. The Labute approximate surface area is 189 Å². The van der Waals surface area contributed by atoms with Gasteiger partial charge in [0.1, 0.15) is 0 Å². The van der Waals surface area contributed by atoms with E-state index in [0.29, 0.717) is 0 Å². The van der Waals surface area contributed by atoms with Gasteiger partial charge in [-0.05, 0) is 32.9 Å². The number of rotatable bonds is 6. The van der Waals surface area contributed by atoms with Gasteiger partial charge in [-0.25, -0.2) is 0 Å². The van der Waals surface area contributed by atoms with Gasteiger partial charge in [0.25, 0.3) is 0 Å². The summed E-state index contributed by atoms with van der Waals surface area (Å²) in [4.78, 5) is 0. The van der Waals surface area contributed by atoms with E-state index in [9.17, 15) is 0 Å². The topological polar surface area (TPSA) is 0 Å². The first-order chi connectivity index (χ1) is 14.6.